The van der Waals surface area contributed by atoms with Gasteiger partial charge in [-0.2, -0.15) is 0 Å². The average Bonchev–Trinajstić information content (AvgIpc) is 2.01. The number of benzene rings is 1. The molecule has 3 nitrogen and oxygen atoms in total. The van der Waals surface area contributed by atoms with Gasteiger partial charge in [-0.25, -0.2) is 0 Å². The van der Waals surface area contributed by atoms with Crippen LogP contribution < -0.4 is 0 Å². The number of aromatic hydroxyl groups is 3. The summed E-state index contributed by atoms with van der Waals surface area (Å²) in [5, 5.41) is 27.3. The summed E-state index contributed by atoms with van der Waals surface area (Å²) >= 11 is 0. The first-order valence-corrected chi connectivity index (χ1v) is 3.89. The van der Waals surface area contributed by atoms with Gasteiger partial charge in [-0.15, -0.1) is 0 Å². The van der Waals surface area contributed by atoms with Crippen LogP contribution in [0.25, 0.3) is 0 Å². The summed E-state index contributed by atoms with van der Waals surface area (Å²) in [6, 6.07) is 2.54. The van der Waals surface area contributed by atoms with Crippen LogP contribution in [0.2, 0.25) is 0 Å². The molecule has 3 N–H and O–H groups in total. The monoisotopic (exact) mass is 168 g/mol. The Hall–Kier alpha value is -1.38. The van der Waals surface area contributed by atoms with E-state index in [1.54, 1.807) is 0 Å². The van der Waals surface area contributed by atoms with Gasteiger partial charge in [0.15, 0.2) is 11.5 Å². The van der Waals surface area contributed by atoms with E-state index in [9.17, 15) is 5.11 Å². The molecule has 0 atom stereocenters. The molecule has 0 radical (unpaired) electrons. The predicted octanol–water partition coefficient (Wildman–Crippen LogP) is 1.76. The highest BCUT2D eigenvalue weighted by molar-refractivity contribution is 5.48. The summed E-state index contributed by atoms with van der Waals surface area (Å²) in [4.78, 5) is 0. The maximum absolute atomic E-state index is 9.28. The summed E-state index contributed by atoms with van der Waals surface area (Å²) in [7, 11) is 0. The maximum Gasteiger partial charge on any atom is 0.161 e. The van der Waals surface area contributed by atoms with Crippen molar-refractivity contribution in [2.24, 2.45) is 0 Å². The molecule has 12 heavy (non-hydrogen) atoms. The Balaban J connectivity index is 3.05. The first kappa shape index (κ1) is 8.71. The van der Waals surface area contributed by atoms with Crippen LogP contribution in [0.5, 0.6) is 17.2 Å². The molecule has 0 saturated carbocycles. The fraction of sp³-hybridized carbons (Fsp3) is 0.333. The van der Waals surface area contributed by atoms with Crippen LogP contribution >= 0.6 is 0 Å². The topological polar surface area (TPSA) is 60.7 Å². The molecule has 0 amide bonds. The van der Waals surface area contributed by atoms with E-state index in [0.717, 1.165) is 12.5 Å². The van der Waals surface area contributed by atoms with Crippen molar-refractivity contribution < 1.29 is 15.3 Å². The molecule has 0 aliphatic heterocycles. The van der Waals surface area contributed by atoms with Gasteiger partial charge in [0.1, 0.15) is 5.75 Å². The largest absolute Gasteiger partial charge is 0.508 e. The smallest absolute Gasteiger partial charge is 0.161 e. The highest BCUT2D eigenvalue weighted by Crippen LogP contribution is 2.32. The molecule has 3 heteroatoms. The van der Waals surface area contributed by atoms with E-state index in [0.29, 0.717) is 12.0 Å². The molecule has 1 rings (SSSR count). The molecule has 66 valence electrons. The minimum Gasteiger partial charge on any atom is -0.508 e. The van der Waals surface area contributed by atoms with Gasteiger partial charge < -0.3 is 15.3 Å². The molecule has 0 unspecified atom stereocenters. The third-order valence-electron chi connectivity index (χ3n) is 1.70. The molecule has 0 aliphatic rings. The molecule has 0 aliphatic carbocycles. The van der Waals surface area contributed by atoms with Crippen molar-refractivity contribution in [2.45, 2.75) is 19.8 Å². The number of hydrogen-bond donors (Lipinski definition) is 3. The van der Waals surface area contributed by atoms with Crippen molar-refractivity contribution in [3.8, 4) is 17.2 Å². The summed E-state index contributed by atoms with van der Waals surface area (Å²) < 4.78 is 0. The third kappa shape index (κ3) is 1.61. The second kappa shape index (κ2) is 3.34. The zero-order chi connectivity index (χ0) is 9.14. The van der Waals surface area contributed by atoms with Crippen molar-refractivity contribution >= 4 is 0 Å². The predicted molar refractivity (Wildman–Crippen MR) is 45.4 cm³/mol. The van der Waals surface area contributed by atoms with Crippen molar-refractivity contribution in [1.82, 2.24) is 0 Å². The highest BCUT2D eigenvalue weighted by Gasteiger charge is 2.05. The first-order chi connectivity index (χ1) is 5.65. The lowest BCUT2D eigenvalue weighted by Crippen LogP contribution is -1.84. The lowest BCUT2D eigenvalue weighted by atomic mass is 10.1. The standard InChI is InChI=1S/C9H12O3/c1-2-3-6-4-8(11)9(12)5-7(6)10/h4-5,10-12H,2-3H2,1H3. The molecule has 1 aromatic carbocycles. The van der Waals surface area contributed by atoms with E-state index in [-0.39, 0.29) is 17.2 Å². The van der Waals surface area contributed by atoms with Crippen molar-refractivity contribution in [1.29, 1.82) is 0 Å². The molecule has 0 fully saturated rings. The molecule has 1 aromatic rings. The van der Waals surface area contributed by atoms with E-state index >= 15 is 0 Å². The van der Waals surface area contributed by atoms with Gasteiger partial charge in [0.2, 0.25) is 0 Å². The lowest BCUT2D eigenvalue weighted by molar-refractivity contribution is 0.394. The Morgan fingerprint density at radius 2 is 1.58 bits per heavy atom. The Labute approximate surface area is 70.9 Å². The van der Waals surface area contributed by atoms with Gasteiger partial charge in [-0.05, 0) is 18.1 Å². The zero-order valence-corrected chi connectivity index (χ0v) is 6.91. The van der Waals surface area contributed by atoms with Gasteiger partial charge in [0, 0.05) is 6.07 Å². The summed E-state index contributed by atoms with van der Waals surface area (Å²) in [6.07, 6.45) is 1.58. The number of rotatable bonds is 2. The molecular weight excluding hydrogens is 156 g/mol. The Morgan fingerprint density at radius 1 is 1.00 bits per heavy atom. The van der Waals surface area contributed by atoms with E-state index in [1.807, 2.05) is 6.92 Å². The first-order valence-electron chi connectivity index (χ1n) is 3.89. The molecule has 0 saturated heterocycles. The Kier molecular flexibility index (Phi) is 2.43. The van der Waals surface area contributed by atoms with Crippen LogP contribution in [0.3, 0.4) is 0 Å². The second-order valence-electron chi connectivity index (χ2n) is 2.72. The van der Waals surface area contributed by atoms with E-state index in [1.165, 1.54) is 6.07 Å². The molecule has 0 spiro atoms. The van der Waals surface area contributed by atoms with Gasteiger partial charge in [-0.1, -0.05) is 13.3 Å². The summed E-state index contributed by atoms with van der Waals surface area (Å²) in [5.41, 5.74) is 0.660. The van der Waals surface area contributed by atoms with E-state index in [2.05, 4.69) is 0 Å². The van der Waals surface area contributed by atoms with E-state index < -0.39 is 0 Å². The number of phenols is 3. The fourth-order valence-electron chi connectivity index (χ4n) is 1.08. The van der Waals surface area contributed by atoms with Crippen molar-refractivity contribution in [3.63, 3.8) is 0 Å². The Bertz CT molecular complexity index is 281. The normalized spacial score (nSPS) is 10.1. The van der Waals surface area contributed by atoms with Gasteiger partial charge in [0.25, 0.3) is 0 Å². The number of aryl methyl sites for hydroxylation is 1. The van der Waals surface area contributed by atoms with Gasteiger partial charge in [-0.3, -0.25) is 0 Å². The summed E-state index contributed by atoms with van der Waals surface area (Å²) in [5.74, 6) is -0.434. The summed E-state index contributed by atoms with van der Waals surface area (Å²) in [6.45, 7) is 1.98. The fourth-order valence-corrected chi connectivity index (χ4v) is 1.08. The van der Waals surface area contributed by atoms with Gasteiger partial charge >= 0.3 is 0 Å². The zero-order valence-electron chi connectivity index (χ0n) is 6.91. The minimum absolute atomic E-state index is 0.0344. The van der Waals surface area contributed by atoms with Crippen molar-refractivity contribution in [3.05, 3.63) is 17.7 Å². The minimum atomic E-state index is -0.285. The molecule has 0 heterocycles. The second-order valence-corrected chi connectivity index (χ2v) is 2.72. The van der Waals surface area contributed by atoms with Crippen molar-refractivity contribution in [2.75, 3.05) is 0 Å². The van der Waals surface area contributed by atoms with Gasteiger partial charge in [0.05, 0.1) is 0 Å². The molecule has 0 aromatic heterocycles. The third-order valence-corrected chi connectivity index (χ3v) is 1.70. The number of hydrogen-bond acceptors (Lipinski definition) is 3. The van der Waals surface area contributed by atoms with E-state index in [4.69, 9.17) is 10.2 Å². The average molecular weight is 168 g/mol. The quantitative estimate of drug-likeness (QED) is 0.465. The maximum atomic E-state index is 9.28. The van der Waals surface area contributed by atoms with Crippen LogP contribution in [0, 0.1) is 0 Å². The highest BCUT2D eigenvalue weighted by atomic mass is 16.3. The van der Waals surface area contributed by atoms with Crippen LogP contribution in [-0.2, 0) is 6.42 Å². The lowest BCUT2D eigenvalue weighted by Gasteiger charge is -2.04. The van der Waals surface area contributed by atoms with Crippen LogP contribution in [0.15, 0.2) is 12.1 Å². The Morgan fingerprint density at radius 3 is 2.17 bits per heavy atom. The van der Waals surface area contributed by atoms with Crippen LogP contribution in [0.1, 0.15) is 18.9 Å². The SMILES string of the molecule is CCCc1cc(O)c(O)cc1O. The number of phenolic OH excluding ortho intramolecular Hbond substituents is 3. The molecular formula is C9H12O3. The van der Waals surface area contributed by atoms with Crippen LogP contribution in [-0.4, -0.2) is 15.3 Å². The molecule has 0 bridgehead atoms. The van der Waals surface area contributed by atoms with Crippen LogP contribution in [0.4, 0.5) is 0 Å².